The lowest BCUT2D eigenvalue weighted by Crippen LogP contribution is -2.32. The highest BCUT2D eigenvalue weighted by atomic mass is 32.1. The van der Waals surface area contributed by atoms with Crippen LogP contribution in [0, 0.1) is 6.92 Å². The molecule has 1 aliphatic heterocycles. The minimum absolute atomic E-state index is 0.142. The number of ether oxygens (including phenoxy) is 1. The Morgan fingerprint density at radius 2 is 2.53 bits per heavy atom. The van der Waals surface area contributed by atoms with E-state index in [9.17, 15) is 4.79 Å². The largest absolute Gasteiger partial charge is 0.463 e. The van der Waals surface area contributed by atoms with E-state index in [1.54, 1.807) is 11.3 Å². The second-order valence-electron chi connectivity index (χ2n) is 3.54. The highest BCUT2D eigenvalue weighted by Gasteiger charge is 2.32. The van der Waals surface area contributed by atoms with Crippen LogP contribution in [0.1, 0.15) is 12.6 Å². The van der Waals surface area contributed by atoms with Crippen LogP contribution in [0.2, 0.25) is 0 Å². The van der Waals surface area contributed by atoms with Crippen molar-refractivity contribution in [2.75, 3.05) is 24.6 Å². The van der Waals surface area contributed by atoms with Gasteiger partial charge in [-0.1, -0.05) is 11.3 Å². The number of aromatic nitrogens is 1. The fourth-order valence-corrected chi connectivity index (χ4v) is 2.83. The molecule has 0 bridgehead atoms. The van der Waals surface area contributed by atoms with Gasteiger partial charge in [0.2, 0.25) is 0 Å². The molecule has 4 nitrogen and oxygen atoms in total. The number of nitrogens with zero attached hydrogens (tertiary/aromatic N) is 2. The van der Waals surface area contributed by atoms with Crippen LogP contribution in [-0.2, 0) is 16.1 Å². The molecule has 82 valence electrons. The molecule has 0 atom stereocenters. The maximum Gasteiger partial charge on any atom is 0.348 e. The topological polar surface area (TPSA) is 33.4 Å². The lowest BCUT2D eigenvalue weighted by Gasteiger charge is -2.06. The lowest BCUT2D eigenvalue weighted by molar-refractivity contribution is -0.673. The summed E-state index contributed by atoms with van der Waals surface area (Å²) in [5, 5.41) is 3.28. The Kier molecular flexibility index (Phi) is 2.90. The molecule has 0 saturated heterocycles. The van der Waals surface area contributed by atoms with Crippen LogP contribution in [0.4, 0.5) is 5.13 Å². The molecular weight excluding hydrogens is 212 g/mol. The Bertz CT molecular complexity index is 375. The third kappa shape index (κ3) is 1.97. The summed E-state index contributed by atoms with van der Waals surface area (Å²) >= 11 is 1.69. The smallest absolute Gasteiger partial charge is 0.348 e. The Morgan fingerprint density at radius 3 is 3.27 bits per heavy atom. The number of hydrogen-bond acceptors (Lipinski definition) is 4. The number of carbonyl (C=O) groups is 1. The molecule has 2 heterocycles. The Hall–Kier alpha value is -1.10. The van der Waals surface area contributed by atoms with Crippen molar-refractivity contribution in [1.82, 2.24) is 0 Å². The zero-order valence-electron chi connectivity index (χ0n) is 9.02. The second kappa shape index (κ2) is 4.18. The van der Waals surface area contributed by atoms with Crippen LogP contribution < -0.4 is 9.47 Å². The number of anilines is 1. The van der Waals surface area contributed by atoms with Crippen molar-refractivity contribution in [3.05, 3.63) is 11.1 Å². The first-order valence-corrected chi connectivity index (χ1v) is 5.99. The normalized spacial score (nSPS) is 14.1. The average molecular weight is 227 g/mol. The third-order valence-electron chi connectivity index (χ3n) is 2.48. The molecule has 0 N–H and O–H groups in total. The number of rotatable bonds is 3. The van der Waals surface area contributed by atoms with E-state index in [1.807, 2.05) is 6.92 Å². The minimum Gasteiger partial charge on any atom is -0.463 e. The van der Waals surface area contributed by atoms with Crippen LogP contribution in [0.15, 0.2) is 5.38 Å². The molecule has 2 rings (SSSR count). The van der Waals surface area contributed by atoms with Crippen molar-refractivity contribution in [3.8, 4) is 0 Å². The molecular formula is C10H15N2O2S+. The van der Waals surface area contributed by atoms with E-state index in [2.05, 4.69) is 21.8 Å². The molecule has 1 aliphatic rings. The number of hydrogen-bond donors (Lipinski definition) is 0. The van der Waals surface area contributed by atoms with Gasteiger partial charge in [0.1, 0.15) is 18.8 Å². The minimum atomic E-state index is -0.142. The van der Waals surface area contributed by atoms with Crippen molar-refractivity contribution >= 4 is 22.4 Å². The highest BCUT2D eigenvalue weighted by molar-refractivity contribution is 7.13. The zero-order valence-corrected chi connectivity index (χ0v) is 9.84. The van der Waals surface area contributed by atoms with Gasteiger partial charge in [0, 0.05) is 5.38 Å². The Morgan fingerprint density at radius 1 is 1.73 bits per heavy atom. The molecule has 0 amide bonds. The Labute approximate surface area is 93.1 Å². The average Bonchev–Trinajstić information content (AvgIpc) is 2.72. The lowest BCUT2D eigenvalue weighted by atomic mass is 10.5. The molecule has 0 spiro atoms. The fraction of sp³-hybridized carbons (Fsp3) is 0.600. The summed E-state index contributed by atoms with van der Waals surface area (Å²) in [6.07, 6.45) is 0. The molecule has 15 heavy (non-hydrogen) atoms. The first-order valence-electron chi connectivity index (χ1n) is 5.11. The van der Waals surface area contributed by atoms with E-state index in [0.29, 0.717) is 13.2 Å². The van der Waals surface area contributed by atoms with Crippen LogP contribution in [-0.4, -0.2) is 25.7 Å². The van der Waals surface area contributed by atoms with Gasteiger partial charge in [-0.25, -0.2) is 14.3 Å². The van der Waals surface area contributed by atoms with Crippen molar-refractivity contribution < 1.29 is 14.1 Å². The number of thiazole rings is 1. The predicted octanol–water partition coefficient (Wildman–Crippen LogP) is 0.727. The molecule has 0 aromatic carbocycles. The van der Waals surface area contributed by atoms with Gasteiger partial charge in [-0.15, -0.1) is 0 Å². The van der Waals surface area contributed by atoms with E-state index < -0.39 is 0 Å². The van der Waals surface area contributed by atoms with E-state index in [0.717, 1.165) is 13.1 Å². The highest BCUT2D eigenvalue weighted by Crippen LogP contribution is 2.21. The third-order valence-corrected chi connectivity index (χ3v) is 3.63. The van der Waals surface area contributed by atoms with Gasteiger partial charge in [-0.05, 0) is 13.8 Å². The molecule has 0 aliphatic carbocycles. The van der Waals surface area contributed by atoms with Gasteiger partial charge < -0.3 is 4.74 Å². The van der Waals surface area contributed by atoms with Gasteiger partial charge in [0.25, 0.3) is 0 Å². The van der Waals surface area contributed by atoms with Crippen LogP contribution in [0.5, 0.6) is 0 Å². The van der Waals surface area contributed by atoms with E-state index in [1.165, 1.54) is 10.8 Å². The standard InChI is InChI=1S/C10H15N2O2S/c1-3-14-9(13)6-11-4-5-12-8(2)7-15-10(11)12/h7H,3-6H2,1-2H3/q+1. The zero-order chi connectivity index (χ0) is 10.8. The first kappa shape index (κ1) is 10.4. The summed E-state index contributed by atoms with van der Waals surface area (Å²) in [6, 6.07) is 0. The summed E-state index contributed by atoms with van der Waals surface area (Å²) in [7, 11) is 0. The van der Waals surface area contributed by atoms with E-state index >= 15 is 0 Å². The quantitative estimate of drug-likeness (QED) is 0.564. The summed E-state index contributed by atoms with van der Waals surface area (Å²) in [5.74, 6) is -0.142. The number of aryl methyl sites for hydroxylation is 1. The van der Waals surface area contributed by atoms with Gasteiger partial charge in [0.05, 0.1) is 6.61 Å². The Balaban J connectivity index is 2.04. The molecule has 1 aromatic heterocycles. The number of fused-ring (bicyclic) bond motifs is 1. The van der Waals surface area contributed by atoms with Crippen molar-refractivity contribution in [2.24, 2.45) is 0 Å². The molecule has 5 heteroatoms. The van der Waals surface area contributed by atoms with Crippen LogP contribution in [0.3, 0.4) is 0 Å². The summed E-state index contributed by atoms with van der Waals surface area (Å²) < 4.78 is 7.18. The van der Waals surface area contributed by atoms with Gasteiger partial charge in [0.15, 0.2) is 6.54 Å². The van der Waals surface area contributed by atoms with Crippen molar-refractivity contribution in [1.29, 1.82) is 0 Å². The van der Waals surface area contributed by atoms with Crippen molar-refractivity contribution in [2.45, 2.75) is 20.4 Å². The second-order valence-corrected chi connectivity index (χ2v) is 4.37. The number of carbonyl (C=O) groups excluding carboxylic acids is 1. The van der Waals surface area contributed by atoms with E-state index in [4.69, 9.17) is 4.74 Å². The molecule has 0 unspecified atom stereocenters. The van der Waals surface area contributed by atoms with Gasteiger partial charge >= 0.3 is 11.1 Å². The van der Waals surface area contributed by atoms with Gasteiger partial charge in [-0.3, -0.25) is 0 Å². The summed E-state index contributed by atoms with van der Waals surface area (Å²) in [6.45, 7) is 6.63. The maximum absolute atomic E-state index is 11.3. The van der Waals surface area contributed by atoms with Crippen molar-refractivity contribution in [3.63, 3.8) is 0 Å². The first-order chi connectivity index (χ1) is 7.22. The summed E-state index contributed by atoms with van der Waals surface area (Å²) in [5.41, 5.74) is 1.27. The fourth-order valence-electron chi connectivity index (χ4n) is 1.76. The molecule has 0 fully saturated rings. The SMILES string of the molecule is CCOC(=O)CN1CC[n+]2c(C)csc21. The number of esters is 1. The van der Waals surface area contributed by atoms with Crippen LogP contribution in [0.25, 0.3) is 0 Å². The molecule has 0 radical (unpaired) electrons. The molecule has 1 aromatic rings. The van der Waals surface area contributed by atoms with Crippen LogP contribution >= 0.6 is 11.3 Å². The van der Waals surface area contributed by atoms with E-state index in [-0.39, 0.29) is 5.97 Å². The predicted molar refractivity (Wildman–Crippen MR) is 58.1 cm³/mol. The maximum atomic E-state index is 11.3. The summed E-state index contributed by atoms with van der Waals surface area (Å²) in [4.78, 5) is 13.4. The monoisotopic (exact) mass is 227 g/mol. The molecule has 0 saturated carbocycles. The van der Waals surface area contributed by atoms with Gasteiger partial charge in [-0.2, -0.15) is 0 Å².